The molecule has 0 aliphatic heterocycles. The summed E-state index contributed by atoms with van der Waals surface area (Å²) in [5, 5.41) is 10.7. The number of nitrogens with zero attached hydrogens (tertiary/aromatic N) is 5. The molecule has 2 aromatic heterocycles. The van der Waals surface area contributed by atoms with E-state index in [1.165, 1.54) is 11.0 Å². The maximum absolute atomic E-state index is 12.8. The molecule has 0 spiro atoms. The van der Waals surface area contributed by atoms with E-state index in [4.69, 9.17) is 23.2 Å². The van der Waals surface area contributed by atoms with E-state index in [2.05, 4.69) is 20.5 Å². The summed E-state index contributed by atoms with van der Waals surface area (Å²) in [6, 6.07) is 5.71. The minimum atomic E-state index is -4.61. The molecular formula is C15H11Cl2F3N6O. The van der Waals surface area contributed by atoms with Crippen LogP contribution >= 0.6 is 23.2 Å². The van der Waals surface area contributed by atoms with Crippen molar-refractivity contribution in [1.82, 2.24) is 24.5 Å². The van der Waals surface area contributed by atoms with Crippen molar-refractivity contribution >= 4 is 35.1 Å². The van der Waals surface area contributed by atoms with Crippen LogP contribution in [-0.4, -0.2) is 30.5 Å². The fourth-order valence-electron chi connectivity index (χ4n) is 2.26. The molecule has 0 atom stereocenters. The van der Waals surface area contributed by atoms with Gasteiger partial charge < -0.3 is 0 Å². The molecule has 7 nitrogen and oxygen atoms in total. The molecule has 1 aromatic carbocycles. The SMILES string of the molecule is Cn1nc(C(=O)Nc2ncn(Cc3ccc(Cl)c(Cl)c3)n2)cc1C(F)(F)F. The molecule has 142 valence electrons. The molecule has 1 N–H and O–H groups in total. The molecule has 0 unspecified atom stereocenters. The van der Waals surface area contributed by atoms with Gasteiger partial charge in [0.2, 0.25) is 5.95 Å². The van der Waals surface area contributed by atoms with Gasteiger partial charge >= 0.3 is 6.18 Å². The standard InChI is InChI=1S/C15H11Cl2F3N6O/c1-25-12(15(18,19)20)5-11(23-25)13(27)22-14-21-7-26(24-14)6-8-2-3-9(16)10(17)4-8/h2-5,7H,6H2,1H3,(H,22,24,27). The van der Waals surface area contributed by atoms with Gasteiger partial charge in [-0.25, -0.2) is 9.67 Å². The Kier molecular flexibility index (Phi) is 5.11. The van der Waals surface area contributed by atoms with Crippen LogP contribution in [-0.2, 0) is 19.8 Å². The van der Waals surface area contributed by atoms with E-state index in [9.17, 15) is 18.0 Å². The van der Waals surface area contributed by atoms with Crippen LogP contribution in [0.25, 0.3) is 0 Å². The normalized spacial score (nSPS) is 11.6. The number of carbonyl (C=O) groups excluding carboxylic acids is 1. The van der Waals surface area contributed by atoms with Crippen molar-refractivity contribution in [3.8, 4) is 0 Å². The third-order valence-corrected chi connectivity index (χ3v) is 4.23. The van der Waals surface area contributed by atoms with Crippen molar-refractivity contribution < 1.29 is 18.0 Å². The fourth-order valence-corrected chi connectivity index (χ4v) is 2.58. The van der Waals surface area contributed by atoms with Crippen molar-refractivity contribution in [2.24, 2.45) is 7.05 Å². The van der Waals surface area contributed by atoms with Gasteiger partial charge in [0.1, 0.15) is 12.0 Å². The number of halogens is 5. The van der Waals surface area contributed by atoms with Gasteiger partial charge in [0, 0.05) is 13.1 Å². The second kappa shape index (κ2) is 7.20. The monoisotopic (exact) mass is 418 g/mol. The third kappa shape index (κ3) is 4.40. The van der Waals surface area contributed by atoms with Crippen LogP contribution in [0.15, 0.2) is 30.6 Å². The maximum Gasteiger partial charge on any atom is 0.433 e. The Morgan fingerprint density at radius 3 is 2.56 bits per heavy atom. The second-order valence-corrected chi connectivity index (χ2v) is 6.32. The molecule has 3 aromatic rings. The third-order valence-electron chi connectivity index (χ3n) is 3.49. The van der Waals surface area contributed by atoms with Gasteiger partial charge in [-0.15, -0.1) is 5.10 Å². The molecule has 0 fully saturated rings. The molecule has 0 aliphatic carbocycles. The van der Waals surface area contributed by atoms with Gasteiger partial charge in [0.05, 0.1) is 16.6 Å². The summed E-state index contributed by atoms with van der Waals surface area (Å²) in [6.45, 7) is 0.307. The summed E-state index contributed by atoms with van der Waals surface area (Å²) < 4.78 is 40.3. The highest BCUT2D eigenvalue weighted by Crippen LogP contribution is 2.29. The summed E-state index contributed by atoms with van der Waals surface area (Å²) in [5.74, 6) is -0.923. The summed E-state index contributed by atoms with van der Waals surface area (Å²) >= 11 is 11.8. The summed E-state index contributed by atoms with van der Waals surface area (Å²) in [6.07, 6.45) is -3.25. The number of hydrogen-bond acceptors (Lipinski definition) is 4. The highest BCUT2D eigenvalue weighted by atomic mass is 35.5. The Morgan fingerprint density at radius 2 is 1.93 bits per heavy atom. The van der Waals surface area contributed by atoms with Gasteiger partial charge in [-0.3, -0.25) is 14.8 Å². The van der Waals surface area contributed by atoms with Gasteiger partial charge in [-0.1, -0.05) is 29.3 Å². The number of carbonyl (C=O) groups is 1. The summed E-state index contributed by atoms with van der Waals surface area (Å²) in [4.78, 5) is 16.0. The van der Waals surface area contributed by atoms with E-state index in [0.717, 1.165) is 12.6 Å². The number of hydrogen-bond donors (Lipinski definition) is 1. The number of alkyl halides is 3. The zero-order valence-corrected chi connectivity index (χ0v) is 15.1. The number of nitrogens with one attached hydrogen (secondary N) is 1. The number of aryl methyl sites for hydroxylation is 1. The Labute approximate surface area is 160 Å². The number of rotatable bonds is 4. The van der Waals surface area contributed by atoms with Crippen LogP contribution in [0.5, 0.6) is 0 Å². The molecule has 12 heteroatoms. The van der Waals surface area contributed by atoms with Crippen LogP contribution in [0.2, 0.25) is 10.0 Å². The Balaban J connectivity index is 1.70. The number of anilines is 1. The highest BCUT2D eigenvalue weighted by molar-refractivity contribution is 6.42. The predicted molar refractivity (Wildman–Crippen MR) is 91.7 cm³/mol. The number of benzene rings is 1. The molecular weight excluding hydrogens is 408 g/mol. The van der Waals surface area contributed by atoms with Gasteiger partial charge in [0.25, 0.3) is 5.91 Å². The lowest BCUT2D eigenvalue weighted by atomic mass is 10.2. The van der Waals surface area contributed by atoms with Crippen molar-refractivity contribution in [3.05, 3.63) is 57.6 Å². The van der Waals surface area contributed by atoms with Crippen molar-refractivity contribution in [1.29, 1.82) is 0 Å². The first kappa shape index (κ1) is 19.2. The molecule has 1 amide bonds. The van der Waals surface area contributed by atoms with E-state index >= 15 is 0 Å². The minimum absolute atomic E-state index is 0.0701. The predicted octanol–water partition coefficient (Wildman–Crippen LogP) is 3.64. The number of amides is 1. The zero-order chi connectivity index (χ0) is 19.8. The van der Waals surface area contributed by atoms with Crippen LogP contribution in [0.4, 0.5) is 19.1 Å². The van der Waals surface area contributed by atoms with Gasteiger partial charge in [0.15, 0.2) is 5.69 Å². The van der Waals surface area contributed by atoms with Crippen molar-refractivity contribution in [3.63, 3.8) is 0 Å². The number of aromatic nitrogens is 5. The Bertz CT molecular complexity index is 998. The lowest BCUT2D eigenvalue weighted by Gasteiger charge is -2.04. The average Bonchev–Trinajstić information content (AvgIpc) is 3.17. The first-order valence-electron chi connectivity index (χ1n) is 7.39. The van der Waals surface area contributed by atoms with Crippen LogP contribution < -0.4 is 5.32 Å². The molecule has 0 bridgehead atoms. The summed E-state index contributed by atoms with van der Waals surface area (Å²) in [5.41, 5.74) is -0.636. The second-order valence-electron chi connectivity index (χ2n) is 5.50. The zero-order valence-electron chi connectivity index (χ0n) is 13.6. The van der Waals surface area contributed by atoms with Crippen LogP contribution in [0.1, 0.15) is 21.7 Å². The fraction of sp³-hybridized carbons (Fsp3) is 0.200. The van der Waals surface area contributed by atoms with Gasteiger partial charge in [-0.2, -0.15) is 18.3 Å². The van der Waals surface area contributed by atoms with E-state index in [0.29, 0.717) is 27.3 Å². The molecule has 0 radical (unpaired) electrons. The van der Waals surface area contributed by atoms with Crippen LogP contribution in [0.3, 0.4) is 0 Å². The Hall–Kier alpha value is -2.59. The van der Waals surface area contributed by atoms with Crippen molar-refractivity contribution in [2.75, 3.05) is 5.32 Å². The topological polar surface area (TPSA) is 77.6 Å². The minimum Gasteiger partial charge on any atom is -0.288 e. The van der Waals surface area contributed by atoms with E-state index in [1.807, 2.05) is 0 Å². The largest absolute Gasteiger partial charge is 0.433 e. The molecule has 2 heterocycles. The average molecular weight is 419 g/mol. The first-order valence-corrected chi connectivity index (χ1v) is 8.15. The molecule has 0 saturated heterocycles. The molecule has 0 saturated carbocycles. The first-order chi connectivity index (χ1) is 12.6. The molecule has 3 rings (SSSR count). The quantitative estimate of drug-likeness (QED) is 0.701. The highest BCUT2D eigenvalue weighted by Gasteiger charge is 2.35. The lowest BCUT2D eigenvalue weighted by Crippen LogP contribution is -2.14. The smallest absolute Gasteiger partial charge is 0.288 e. The Morgan fingerprint density at radius 1 is 1.19 bits per heavy atom. The van der Waals surface area contributed by atoms with E-state index in [-0.39, 0.29) is 5.95 Å². The van der Waals surface area contributed by atoms with Gasteiger partial charge in [-0.05, 0) is 17.7 Å². The molecule has 0 aliphatic rings. The van der Waals surface area contributed by atoms with E-state index in [1.54, 1.807) is 18.2 Å². The van der Waals surface area contributed by atoms with E-state index < -0.39 is 23.5 Å². The summed E-state index contributed by atoms with van der Waals surface area (Å²) in [7, 11) is 1.10. The van der Waals surface area contributed by atoms with Crippen molar-refractivity contribution in [2.45, 2.75) is 12.7 Å². The van der Waals surface area contributed by atoms with Crippen LogP contribution in [0, 0.1) is 0 Å². The maximum atomic E-state index is 12.8. The lowest BCUT2D eigenvalue weighted by molar-refractivity contribution is -0.143. The molecule has 27 heavy (non-hydrogen) atoms.